The molecule has 7 heteroatoms. The number of halogens is 4. The van der Waals surface area contributed by atoms with E-state index in [1.807, 2.05) is 11.0 Å². The number of aromatic nitrogens is 1. The average molecular weight is 394 g/mol. The summed E-state index contributed by atoms with van der Waals surface area (Å²) >= 11 is 0. The van der Waals surface area contributed by atoms with Gasteiger partial charge in [-0.2, -0.15) is 13.2 Å². The lowest BCUT2D eigenvalue weighted by molar-refractivity contribution is -0.141. The molecule has 0 spiro atoms. The van der Waals surface area contributed by atoms with Crippen molar-refractivity contribution in [1.82, 2.24) is 4.98 Å². The SMILES string of the molecule is Fc1cccc(CCO[C@H]2CC[C@@H]3CN(c4cccc(C(F)(F)F)n4)C[C@@H]32)c1. The van der Waals surface area contributed by atoms with Gasteiger partial charge in [0.1, 0.15) is 17.3 Å². The number of hydrogen-bond donors (Lipinski definition) is 0. The smallest absolute Gasteiger partial charge is 0.378 e. The van der Waals surface area contributed by atoms with E-state index >= 15 is 0 Å². The van der Waals surface area contributed by atoms with Gasteiger partial charge in [0.15, 0.2) is 0 Å². The number of anilines is 1. The Kier molecular flexibility index (Phi) is 5.27. The van der Waals surface area contributed by atoms with Crippen molar-refractivity contribution in [2.24, 2.45) is 11.8 Å². The summed E-state index contributed by atoms with van der Waals surface area (Å²) in [6.45, 7) is 1.88. The lowest BCUT2D eigenvalue weighted by Gasteiger charge is -2.22. The van der Waals surface area contributed by atoms with Crippen molar-refractivity contribution >= 4 is 5.82 Å². The van der Waals surface area contributed by atoms with Crippen LogP contribution in [0.4, 0.5) is 23.4 Å². The Morgan fingerprint density at radius 2 is 1.89 bits per heavy atom. The first kappa shape index (κ1) is 19.2. The molecule has 2 aliphatic rings. The Bertz CT molecular complexity index is 826. The van der Waals surface area contributed by atoms with E-state index in [0.29, 0.717) is 43.8 Å². The first-order chi connectivity index (χ1) is 13.4. The van der Waals surface area contributed by atoms with Gasteiger partial charge in [0, 0.05) is 19.0 Å². The molecule has 150 valence electrons. The van der Waals surface area contributed by atoms with Gasteiger partial charge in [0.05, 0.1) is 12.7 Å². The molecule has 3 atom stereocenters. The zero-order chi connectivity index (χ0) is 19.7. The molecule has 0 amide bonds. The first-order valence-corrected chi connectivity index (χ1v) is 9.55. The van der Waals surface area contributed by atoms with E-state index in [0.717, 1.165) is 24.5 Å². The Morgan fingerprint density at radius 3 is 2.68 bits per heavy atom. The first-order valence-electron chi connectivity index (χ1n) is 9.55. The van der Waals surface area contributed by atoms with Crippen molar-refractivity contribution in [2.75, 3.05) is 24.6 Å². The van der Waals surface area contributed by atoms with Crippen LogP contribution in [0.5, 0.6) is 0 Å². The maximum Gasteiger partial charge on any atom is 0.433 e. The molecule has 2 heterocycles. The zero-order valence-corrected chi connectivity index (χ0v) is 15.3. The van der Waals surface area contributed by atoms with Crippen molar-refractivity contribution in [1.29, 1.82) is 0 Å². The van der Waals surface area contributed by atoms with Gasteiger partial charge in [0.2, 0.25) is 0 Å². The summed E-state index contributed by atoms with van der Waals surface area (Å²) in [5, 5.41) is 0. The second kappa shape index (κ2) is 7.70. The van der Waals surface area contributed by atoms with E-state index in [9.17, 15) is 17.6 Å². The molecule has 4 rings (SSSR count). The predicted molar refractivity (Wildman–Crippen MR) is 97.5 cm³/mol. The second-order valence-corrected chi connectivity index (χ2v) is 7.57. The van der Waals surface area contributed by atoms with Crippen LogP contribution in [-0.4, -0.2) is 30.8 Å². The molecule has 0 N–H and O–H groups in total. The van der Waals surface area contributed by atoms with Crippen LogP contribution < -0.4 is 4.90 Å². The topological polar surface area (TPSA) is 25.4 Å². The van der Waals surface area contributed by atoms with Crippen LogP contribution in [0.1, 0.15) is 24.1 Å². The lowest BCUT2D eigenvalue weighted by Crippen LogP contribution is -2.27. The van der Waals surface area contributed by atoms with Crippen LogP contribution >= 0.6 is 0 Å². The van der Waals surface area contributed by atoms with Crippen LogP contribution in [-0.2, 0) is 17.3 Å². The van der Waals surface area contributed by atoms with Crippen LogP contribution in [0.2, 0.25) is 0 Å². The maximum atomic E-state index is 13.3. The number of fused-ring (bicyclic) bond motifs is 1. The van der Waals surface area contributed by atoms with Gasteiger partial charge in [-0.05, 0) is 55.0 Å². The van der Waals surface area contributed by atoms with Crippen molar-refractivity contribution in [3.63, 3.8) is 0 Å². The molecule has 2 fully saturated rings. The highest BCUT2D eigenvalue weighted by Gasteiger charge is 2.44. The minimum absolute atomic E-state index is 0.0920. The van der Waals surface area contributed by atoms with Gasteiger partial charge < -0.3 is 9.64 Å². The molecule has 0 bridgehead atoms. The fourth-order valence-electron chi connectivity index (χ4n) is 4.39. The van der Waals surface area contributed by atoms with Crippen molar-refractivity contribution in [2.45, 2.75) is 31.5 Å². The van der Waals surface area contributed by atoms with Gasteiger partial charge in [-0.1, -0.05) is 18.2 Å². The molecule has 0 unspecified atom stereocenters. The van der Waals surface area contributed by atoms with Crippen LogP contribution in [0.15, 0.2) is 42.5 Å². The van der Waals surface area contributed by atoms with Gasteiger partial charge in [-0.25, -0.2) is 9.37 Å². The Balaban J connectivity index is 1.35. The van der Waals surface area contributed by atoms with Crippen molar-refractivity contribution < 1.29 is 22.3 Å². The normalized spacial score (nSPS) is 24.6. The van der Waals surface area contributed by atoms with Crippen LogP contribution in [0, 0.1) is 17.7 Å². The molecule has 1 aromatic heterocycles. The molecule has 1 saturated carbocycles. The predicted octanol–water partition coefficient (Wildman–Crippen LogP) is 4.71. The Morgan fingerprint density at radius 1 is 1.07 bits per heavy atom. The molecule has 1 aromatic carbocycles. The van der Waals surface area contributed by atoms with Gasteiger partial charge in [0.25, 0.3) is 0 Å². The molecule has 1 saturated heterocycles. The number of benzene rings is 1. The summed E-state index contributed by atoms with van der Waals surface area (Å²) in [6, 6.07) is 10.5. The lowest BCUT2D eigenvalue weighted by atomic mass is 9.99. The van der Waals surface area contributed by atoms with Gasteiger partial charge in [-0.3, -0.25) is 0 Å². The van der Waals surface area contributed by atoms with E-state index in [1.165, 1.54) is 18.2 Å². The largest absolute Gasteiger partial charge is 0.433 e. The van der Waals surface area contributed by atoms with E-state index in [2.05, 4.69) is 4.98 Å². The summed E-state index contributed by atoms with van der Waals surface area (Å²) in [5.74, 6) is 0.834. The molecule has 3 nitrogen and oxygen atoms in total. The van der Waals surface area contributed by atoms with Crippen molar-refractivity contribution in [3.05, 3.63) is 59.5 Å². The monoisotopic (exact) mass is 394 g/mol. The van der Waals surface area contributed by atoms with E-state index < -0.39 is 11.9 Å². The Hall–Kier alpha value is -2.15. The average Bonchev–Trinajstić information content (AvgIpc) is 3.23. The van der Waals surface area contributed by atoms with Crippen LogP contribution in [0.25, 0.3) is 0 Å². The maximum absolute atomic E-state index is 13.3. The Labute approximate surface area is 161 Å². The van der Waals surface area contributed by atoms with Crippen LogP contribution in [0.3, 0.4) is 0 Å². The van der Waals surface area contributed by atoms with Crippen molar-refractivity contribution in [3.8, 4) is 0 Å². The summed E-state index contributed by atoms with van der Waals surface area (Å²) in [5.41, 5.74) is 0.0423. The summed E-state index contributed by atoms with van der Waals surface area (Å²) in [4.78, 5) is 5.75. The number of ether oxygens (including phenoxy) is 1. The van der Waals surface area contributed by atoms with Gasteiger partial charge >= 0.3 is 6.18 Å². The standard InChI is InChI=1S/C21H22F4N2O/c22-16-4-1-3-14(11-16)9-10-28-18-8-7-15-12-27(13-17(15)18)20-6-2-5-19(26-20)21(23,24)25/h1-6,11,15,17-18H,7-10,12-13H2/t15-,17+,18+/m1/s1. The molecule has 1 aliphatic carbocycles. The minimum atomic E-state index is -4.44. The highest BCUT2D eigenvalue weighted by Crippen LogP contribution is 2.41. The summed E-state index contributed by atoms with van der Waals surface area (Å²) < 4.78 is 58.1. The minimum Gasteiger partial charge on any atom is -0.378 e. The fraction of sp³-hybridized carbons (Fsp3) is 0.476. The molecule has 1 aliphatic heterocycles. The number of alkyl halides is 3. The zero-order valence-electron chi connectivity index (χ0n) is 15.3. The van der Waals surface area contributed by atoms with Gasteiger partial charge in [-0.15, -0.1) is 0 Å². The molecular weight excluding hydrogens is 372 g/mol. The summed E-state index contributed by atoms with van der Waals surface area (Å²) in [7, 11) is 0. The third-order valence-electron chi connectivity index (χ3n) is 5.75. The second-order valence-electron chi connectivity index (χ2n) is 7.57. The quantitative estimate of drug-likeness (QED) is 0.687. The number of pyridine rings is 1. The number of rotatable bonds is 5. The molecular formula is C21H22F4N2O. The third kappa shape index (κ3) is 4.14. The van der Waals surface area contributed by atoms with E-state index in [4.69, 9.17) is 4.74 Å². The molecule has 0 radical (unpaired) electrons. The highest BCUT2D eigenvalue weighted by molar-refractivity contribution is 5.41. The number of nitrogens with zero attached hydrogens (tertiary/aromatic N) is 2. The molecule has 28 heavy (non-hydrogen) atoms. The van der Waals surface area contributed by atoms with E-state index in [-0.39, 0.29) is 11.9 Å². The fourth-order valence-corrected chi connectivity index (χ4v) is 4.39. The third-order valence-corrected chi connectivity index (χ3v) is 5.75. The highest BCUT2D eigenvalue weighted by atomic mass is 19.4. The van der Waals surface area contributed by atoms with E-state index in [1.54, 1.807) is 12.1 Å². The number of hydrogen-bond acceptors (Lipinski definition) is 3. The molecule has 2 aromatic rings. The summed E-state index contributed by atoms with van der Waals surface area (Å²) in [6.07, 6.45) is -1.74.